The Morgan fingerprint density at radius 2 is 0.870 bits per heavy atom. The maximum Gasteiger partial charge on any atom is 0.128 e. The summed E-state index contributed by atoms with van der Waals surface area (Å²) in [5.41, 5.74) is 9.56. The fourth-order valence-corrected chi connectivity index (χ4v) is 7.33. The summed E-state index contributed by atoms with van der Waals surface area (Å²) in [5, 5.41) is 30.6. The summed E-state index contributed by atoms with van der Waals surface area (Å²) in [6.45, 7) is 6.13. The van der Waals surface area contributed by atoms with Crippen molar-refractivity contribution >= 4 is 0 Å². The molecule has 1 unspecified atom stereocenters. The summed E-state index contributed by atoms with van der Waals surface area (Å²) in [4.78, 5) is 0. The molecule has 4 N–H and O–H groups in total. The highest BCUT2D eigenvalue weighted by atomic mass is 16.5. The quantitative estimate of drug-likeness (QED) is 0.0898. The number of para-hydroxylation sites is 4. The van der Waals surface area contributed by atoms with Gasteiger partial charge in [0.15, 0.2) is 0 Å². The fourth-order valence-electron chi connectivity index (χ4n) is 7.33. The summed E-state index contributed by atoms with van der Waals surface area (Å²) in [7, 11) is 0. The van der Waals surface area contributed by atoms with Gasteiger partial charge in [0, 0.05) is 58.6 Å². The highest BCUT2D eigenvalue weighted by Crippen LogP contribution is 2.39. The zero-order valence-corrected chi connectivity index (χ0v) is 31.2. The second kappa shape index (κ2) is 17.5. The number of hydrogen-bond acceptors (Lipinski definition) is 6. The number of benzene rings is 6. The molecule has 1 aliphatic carbocycles. The molecule has 6 nitrogen and oxygen atoms in total. The lowest BCUT2D eigenvalue weighted by Crippen LogP contribution is -2.49. The van der Waals surface area contributed by atoms with Gasteiger partial charge in [-0.15, -0.1) is 0 Å². The minimum Gasteiger partial charge on any atom is -0.507 e. The van der Waals surface area contributed by atoms with Crippen molar-refractivity contribution < 1.29 is 19.7 Å². The zero-order valence-electron chi connectivity index (χ0n) is 31.2. The van der Waals surface area contributed by atoms with Crippen LogP contribution in [0.5, 0.6) is 23.0 Å². The molecule has 1 saturated carbocycles. The largest absolute Gasteiger partial charge is 0.507 e. The van der Waals surface area contributed by atoms with Crippen LogP contribution in [-0.4, -0.2) is 22.3 Å². The van der Waals surface area contributed by atoms with Gasteiger partial charge in [0.1, 0.15) is 36.2 Å². The van der Waals surface area contributed by atoms with E-state index in [1.165, 1.54) is 11.1 Å². The summed E-state index contributed by atoms with van der Waals surface area (Å²) >= 11 is 0. The molecule has 0 amide bonds. The highest BCUT2D eigenvalue weighted by molar-refractivity contribution is 5.77. The van der Waals surface area contributed by atoms with E-state index >= 15 is 0 Å². The van der Waals surface area contributed by atoms with Crippen LogP contribution in [0.25, 0.3) is 22.3 Å². The van der Waals surface area contributed by atoms with Gasteiger partial charge >= 0.3 is 0 Å². The third-order valence-electron chi connectivity index (χ3n) is 10.5. The van der Waals surface area contributed by atoms with E-state index in [0.29, 0.717) is 26.3 Å². The molecule has 1 fully saturated rings. The molecule has 1 aliphatic rings. The van der Waals surface area contributed by atoms with Gasteiger partial charge < -0.3 is 30.3 Å². The predicted molar refractivity (Wildman–Crippen MR) is 218 cm³/mol. The van der Waals surface area contributed by atoms with Crippen LogP contribution in [0.4, 0.5) is 0 Å². The molecule has 6 aromatic carbocycles. The Morgan fingerprint density at radius 1 is 0.481 bits per heavy atom. The Labute approximate surface area is 319 Å². The number of ether oxygens (including phenoxy) is 2. The molecule has 0 heterocycles. The molecule has 2 atom stereocenters. The summed E-state index contributed by atoms with van der Waals surface area (Å²) in [5.74, 6) is 2.00. The fraction of sp³-hybridized carbons (Fsp3) is 0.250. The number of phenols is 2. The Bertz CT molecular complexity index is 1990. The number of hydrogen-bond donors (Lipinski definition) is 4. The van der Waals surface area contributed by atoms with E-state index in [1.54, 1.807) is 0 Å². The van der Waals surface area contributed by atoms with Crippen molar-refractivity contribution in [3.8, 4) is 45.3 Å². The van der Waals surface area contributed by atoms with Gasteiger partial charge in [0.2, 0.25) is 0 Å². The van der Waals surface area contributed by atoms with Gasteiger partial charge in [-0.1, -0.05) is 145 Å². The van der Waals surface area contributed by atoms with E-state index < -0.39 is 0 Å². The van der Waals surface area contributed by atoms with Gasteiger partial charge in [-0.05, 0) is 49.9 Å². The first-order valence-electron chi connectivity index (χ1n) is 19.1. The number of phenolic OH excluding ortho intramolecular Hbond substituents is 2. The summed E-state index contributed by atoms with van der Waals surface area (Å²) < 4.78 is 12.5. The van der Waals surface area contributed by atoms with Crippen LogP contribution in [0.3, 0.4) is 0 Å². The predicted octanol–water partition coefficient (Wildman–Crippen LogP) is 10.4. The van der Waals surface area contributed by atoms with Crippen molar-refractivity contribution in [1.82, 2.24) is 10.6 Å². The number of aryl methyl sites for hydroxylation is 2. The van der Waals surface area contributed by atoms with E-state index in [1.807, 2.05) is 84.9 Å². The van der Waals surface area contributed by atoms with E-state index in [9.17, 15) is 10.2 Å². The lowest BCUT2D eigenvalue weighted by Gasteiger charge is -2.33. The maximum absolute atomic E-state index is 11.6. The Hall–Kier alpha value is -5.56. The molecule has 54 heavy (non-hydrogen) atoms. The molecule has 276 valence electrons. The molecule has 7 rings (SSSR count). The molecule has 0 spiro atoms. The Balaban J connectivity index is 1.00. The molecular weight excluding hydrogens is 669 g/mol. The van der Waals surface area contributed by atoms with Gasteiger partial charge in [-0.2, -0.15) is 0 Å². The third-order valence-corrected chi connectivity index (χ3v) is 10.5. The van der Waals surface area contributed by atoms with Crippen LogP contribution in [0.1, 0.15) is 59.1 Å². The lowest BCUT2D eigenvalue weighted by atomic mass is 9.89. The van der Waals surface area contributed by atoms with Crippen molar-refractivity contribution in [3.63, 3.8) is 0 Å². The normalized spacial score (nSPS) is 15.5. The second-order valence-corrected chi connectivity index (χ2v) is 14.4. The standard InChI is InChI=1S/C48H50N2O4/c1-33-21-25-35(26-22-33)31-53-45-19-7-3-13-39(45)41-15-9-11-37(47(41)51)29-49-43-17-5-6-18-44(43)50-30-38-12-10-16-42(48(38)52)40-14-4-8-20-46(40)54-32-36-27-23-34(2)24-28-36/h3-4,7-16,19-28,43-44,49-52H,5-6,17-18,29-32H2,1-2H3/t43-,44?/m0/s1. The van der Waals surface area contributed by atoms with Gasteiger partial charge in [0.25, 0.3) is 0 Å². The van der Waals surface area contributed by atoms with Crippen LogP contribution in [0, 0.1) is 13.8 Å². The SMILES string of the molecule is Cc1ccc(COc2ccccc2-c2cccc(CNC3CCCC[C@@H]3NCc3cccc(-c4ccccc4OCc4ccc(C)cc4)c3O)c2O)cc1. The molecular formula is C48H50N2O4. The lowest BCUT2D eigenvalue weighted by molar-refractivity contribution is 0.279. The summed E-state index contributed by atoms with van der Waals surface area (Å²) in [6, 6.07) is 44.8. The number of aromatic hydroxyl groups is 2. The van der Waals surface area contributed by atoms with E-state index in [0.717, 1.165) is 81.7 Å². The van der Waals surface area contributed by atoms with Crippen LogP contribution in [0.15, 0.2) is 133 Å². The monoisotopic (exact) mass is 718 g/mol. The van der Waals surface area contributed by atoms with Gasteiger partial charge in [-0.25, -0.2) is 0 Å². The smallest absolute Gasteiger partial charge is 0.128 e. The van der Waals surface area contributed by atoms with Crippen molar-refractivity contribution in [3.05, 3.63) is 167 Å². The molecule has 0 radical (unpaired) electrons. The first-order chi connectivity index (χ1) is 26.4. The Kier molecular flexibility index (Phi) is 11.9. The first kappa shape index (κ1) is 36.8. The van der Waals surface area contributed by atoms with Crippen LogP contribution < -0.4 is 20.1 Å². The summed E-state index contributed by atoms with van der Waals surface area (Å²) in [6.07, 6.45) is 4.36. The molecule has 0 aliphatic heterocycles. The van der Waals surface area contributed by atoms with E-state index in [4.69, 9.17) is 9.47 Å². The maximum atomic E-state index is 11.6. The number of nitrogens with one attached hydrogen (secondary N) is 2. The van der Waals surface area contributed by atoms with Crippen molar-refractivity contribution in [1.29, 1.82) is 0 Å². The minimum absolute atomic E-state index is 0.216. The second-order valence-electron chi connectivity index (χ2n) is 14.4. The molecule has 6 aromatic rings. The molecule has 0 saturated heterocycles. The van der Waals surface area contributed by atoms with E-state index in [2.05, 4.69) is 73.0 Å². The Morgan fingerprint density at radius 3 is 1.30 bits per heavy atom. The molecule has 0 aromatic heterocycles. The van der Waals surface area contributed by atoms with Crippen molar-refractivity contribution in [2.45, 2.75) is 77.9 Å². The topological polar surface area (TPSA) is 83.0 Å². The average molecular weight is 719 g/mol. The third kappa shape index (κ3) is 8.96. The van der Waals surface area contributed by atoms with Crippen LogP contribution >= 0.6 is 0 Å². The van der Waals surface area contributed by atoms with Gasteiger partial charge in [-0.3, -0.25) is 0 Å². The van der Waals surface area contributed by atoms with Crippen molar-refractivity contribution in [2.24, 2.45) is 0 Å². The molecule has 0 bridgehead atoms. The van der Waals surface area contributed by atoms with Crippen LogP contribution in [-0.2, 0) is 26.3 Å². The van der Waals surface area contributed by atoms with E-state index in [-0.39, 0.29) is 23.6 Å². The van der Waals surface area contributed by atoms with Crippen LogP contribution in [0.2, 0.25) is 0 Å². The molecule has 6 heteroatoms. The highest BCUT2D eigenvalue weighted by Gasteiger charge is 2.25. The zero-order chi connectivity index (χ0) is 37.3. The van der Waals surface area contributed by atoms with Crippen molar-refractivity contribution in [2.75, 3.05) is 0 Å². The number of rotatable bonds is 14. The van der Waals surface area contributed by atoms with Gasteiger partial charge in [0.05, 0.1) is 0 Å². The average Bonchev–Trinajstić information content (AvgIpc) is 3.20. The minimum atomic E-state index is 0.216. The first-order valence-corrected chi connectivity index (χ1v) is 19.1.